The highest BCUT2D eigenvalue weighted by Gasteiger charge is 2.45. The van der Waals surface area contributed by atoms with Crippen LogP contribution >= 0.6 is 0 Å². The third-order valence-corrected chi connectivity index (χ3v) is 4.64. The maximum absolute atomic E-state index is 12.5. The van der Waals surface area contributed by atoms with Gasteiger partial charge >= 0.3 is 0 Å². The summed E-state index contributed by atoms with van der Waals surface area (Å²) in [5, 5.41) is 1.55. The molecule has 3 saturated heterocycles. The Morgan fingerprint density at radius 2 is 2.25 bits per heavy atom. The molecule has 0 aromatic carbocycles. The largest absolute Gasteiger partial charge is 0.383 e. The standard InChI is InChI=1S/C14H24N2O4/c1-18-6-4-15-7-11-9-19-10-13(12(11)8-15)14(17)16-3-2-5-20-16/h11-13H,2-10H2,1H3/t11-,12-,13+/m0/s1. The second kappa shape index (κ2) is 6.39. The minimum absolute atomic E-state index is 0.0422. The number of likely N-dealkylation sites (tertiary alicyclic amines) is 1. The predicted octanol–water partition coefficient (Wildman–Crippen LogP) is -0.00890. The number of carbonyl (C=O) groups is 1. The molecule has 0 aromatic rings. The second-order valence-corrected chi connectivity index (χ2v) is 5.95. The van der Waals surface area contributed by atoms with Gasteiger partial charge in [-0.25, -0.2) is 5.06 Å². The molecule has 0 aliphatic carbocycles. The van der Waals surface area contributed by atoms with Crippen molar-refractivity contribution in [1.29, 1.82) is 0 Å². The Balaban J connectivity index is 1.62. The quantitative estimate of drug-likeness (QED) is 0.727. The lowest BCUT2D eigenvalue weighted by Crippen LogP contribution is -2.45. The number of hydroxylamine groups is 2. The van der Waals surface area contributed by atoms with E-state index >= 15 is 0 Å². The van der Waals surface area contributed by atoms with Crippen molar-refractivity contribution in [3.8, 4) is 0 Å². The van der Waals surface area contributed by atoms with E-state index in [-0.39, 0.29) is 11.8 Å². The number of methoxy groups -OCH3 is 1. The summed E-state index contributed by atoms with van der Waals surface area (Å²) in [5.74, 6) is 0.944. The molecule has 3 fully saturated rings. The van der Waals surface area contributed by atoms with Crippen LogP contribution in [-0.2, 0) is 19.1 Å². The lowest BCUT2D eigenvalue weighted by molar-refractivity contribution is -0.181. The summed E-state index contributed by atoms with van der Waals surface area (Å²) in [5.41, 5.74) is 0. The molecule has 0 radical (unpaired) electrons. The molecule has 3 rings (SSSR count). The third-order valence-electron chi connectivity index (χ3n) is 4.64. The first-order valence-corrected chi connectivity index (χ1v) is 7.53. The van der Waals surface area contributed by atoms with Gasteiger partial charge < -0.3 is 14.4 Å². The summed E-state index contributed by atoms with van der Waals surface area (Å²) in [7, 11) is 1.73. The highest BCUT2D eigenvalue weighted by Crippen LogP contribution is 2.35. The molecule has 20 heavy (non-hydrogen) atoms. The molecule has 6 heteroatoms. The van der Waals surface area contributed by atoms with Crippen LogP contribution in [0.1, 0.15) is 6.42 Å². The lowest BCUT2D eigenvalue weighted by atomic mass is 9.82. The van der Waals surface area contributed by atoms with Crippen LogP contribution in [0.3, 0.4) is 0 Å². The topological polar surface area (TPSA) is 51.2 Å². The number of rotatable bonds is 4. The Hall–Kier alpha value is -0.690. The maximum Gasteiger partial charge on any atom is 0.251 e. The molecule has 1 amide bonds. The van der Waals surface area contributed by atoms with Gasteiger partial charge in [0.25, 0.3) is 5.91 Å². The average molecular weight is 284 g/mol. The van der Waals surface area contributed by atoms with Gasteiger partial charge in [-0.15, -0.1) is 0 Å². The lowest BCUT2D eigenvalue weighted by Gasteiger charge is -2.33. The maximum atomic E-state index is 12.5. The van der Waals surface area contributed by atoms with E-state index in [9.17, 15) is 4.79 Å². The molecule has 0 aromatic heterocycles. The fraction of sp³-hybridized carbons (Fsp3) is 0.929. The molecule has 0 N–H and O–H groups in total. The summed E-state index contributed by atoms with van der Waals surface area (Å²) in [4.78, 5) is 20.3. The Morgan fingerprint density at radius 3 is 3.00 bits per heavy atom. The molecule has 3 atom stereocenters. The predicted molar refractivity (Wildman–Crippen MR) is 71.9 cm³/mol. The van der Waals surface area contributed by atoms with Crippen molar-refractivity contribution in [2.75, 3.05) is 59.7 Å². The van der Waals surface area contributed by atoms with Gasteiger partial charge in [0.2, 0.25) is 0 Å². The molecule has 0 unspecified atom stereocenters. The minimum Gasteiger partial charge on any atom is -0.383 e. The molecule has 0 saturated carbocycles. The van der Waals surface area contributed by atoms with E-state index in [1.807, 2.05) is 0 Å². The summed E-state index contributed by atoms with van der Waals surface area (Å²) in [6.45, 7) is 6.36. The van der Waals surface area contributed by atoms with Crippen molar-refractivity contribution in [3.63, 3.8) is 0 Å². The van der Waals surface area contributed by atoms with E-state index in [4.69, 9.17) is 14.3 Å². The molecule has 0 bridgehead atoms. The Labute approximate surface area is 119 Å². The van der Waals surface area contributed by atoms with Crippen LogP contribution in [0.2, 0.25) is 0 Å². The number of hydrogen-bond donors (Lipinski definition) is 0. The molecule has 3 heterocycles. The van der Waals surface area contributed by atoms with Gasteiger partial charge in [0.15, 0.2) is 0 Å². The van der Waals surface area contributed by atoms with Crippen molar-refractivity contribution in [2.45, 2.75) is 6.42 Å². The van der Waals surface area contributed by atoms with Crippen LogP contribution in [0.5, 0.6) is 0 Å². The van der Waals surface area contributed by atoms with E-state index in [0.717, 1.165) is 45.8 Å². The number of amides is 1. The first-order valence-electron chi connectivity index (χ1n) is 7.53. The van der Waals surface area contributed by atoms with Gasteiger partial charge in [0.1, 0.15) is 0 Å². The van der Waals surface area contributed by atoms with E-state index in [1.165, 1.54) is 0 Å². The number of nitrogens with zero attached hydrogens (tertiary/aromatic N) is 2. The number of ether oxygens (including phenoxy) is 2. The van der Waals surface area contributed by atoms with E-state index in [2.05, 4.69) is 4.90 Å². The fourth-order valence-electron chi connectivity index (χ4n) is 3.55. The van der Waals surface area contributed by atoms with E-state index in [0.29, 0.717) is 25.0 Å². The molecular weight excluding hydrogens is 260 g/mol. The van der Waals surface area contributed by atoms with E-state index in [1.54, 1.807) is 12.2 Å². The van der Waals surface area contributed by atoms with Crippen LogP contribution in [0, 0.1) is 17.8 Å². The summed E-state index contributed by atoms with van der Waals surface area (Å²) in [6, 6.07) is 0. The highest BCUT2D eigenvalue weighted by molar-refractivity contribution is 5.78. The zero-order chi connectivity index (χ0) is 13.9. The Morgan fingerprint density at radius 1 is 1.35 bits per heavy atom. The number of fused-ring (bicyclic) bond motifs is 1. The second-order valence-electron chi connectivity index (χ2n) is 5.95. The summed E-state index contributed by atoms with van der Waals surface area (Å²) < 4.78 is 10.8. The van der Waals surface area contributed by atoms with Crippen molar-refractivity contribution < 1.29 is 19.1 Å². The monoisotopic (exact) mass is 284 g/mol. The molecule has 3 aliphatic heterocycles. The zero-order valence-electron chi connectivity index (χ0n) is 12.1. The average Bonchev–Trinajstić information content (AvgIpc) is 3.12. The SMILES string of the molecule is COCCN1C[C@H]2COC[C@@H](C(=O)N3CCCO3)[C@H]2C1. The van der Waals surface area contributed by atoms with Crippen LogP contribution < -0.4 is 0 Å². The van der Waals surface area contributed by atoms with Gasteiger partial charge in [-0.1, -0.05) is 0 Å². The van der Waals surface area contributed by atoms with Gasteiger partial charge in [-0.2, -0.15) is 0 Å². The van der Waals surface area contributed by atoms with Gasteiger partial charge in [0, 0.05) is 26.7 Å². The fourth-order valence-corrected chi connectivity index (χ4v) is 3.55. The Kier molecular flexibility index (Phi) is 4.55. The highest BCUT2D eigenvalue weighted by atomic mass is 16.7. The Bertz CT molecular complexity index is 346. The molecule has 3 aliphatic rings. The molecular formula is C14H24N2O4. The molecule has 0 spiro atoms. The normalized spacial score (nSPS) is 34.5. The van der Waals surface area contributed by atoms with Gasteiger partial charge in [-0.3, -0.25) is 9.63 Å². The van der Waals surface area contributed by atoms with Gasteiger partial charge in [0.05, 0.1) is 38.9 Å². The van der Waals surface area contributed by atoms with Crippen LogP contribution in [0.25, 0.3) is 0 Å². The van der Waals surface area contributed by atoms with Crippen molar-refractivity contribution >= 4 is 5.91 Å². The van der Waals surface area contributed by atoms with Gasteiger partial charge in [-0.05, 0) is 18.3 Å². The number of carbonyl (C=O) groups excluding carboxylic acids is 1. The zero-order valence-corrected chi connectivity index (χ0v) is 12.1. The van der Waals surface area contributed by atoms with Crippen molar-refractivity contribution in [1.82, 2.24) is 9.96 Å². The van der Waals surface area contributed by atoms with Crippen LogP contribution in [-0.4, -0.2) is 75.6 Å². The first-order chi connectivity index (χ1) is 9.79. The van der Waals surface area contributed by atoms with E-state index < -0.39 is 0 Å². The smallest absolute Gasteiger partial charge is 0.251 e. The van der Waals surface area contributed by atoms with Crippen LogP contribution in [0.4, 0.5) is 0 Å². The minimum atomic E-state index is -0.0422. The third kappa shape index (κ3) is 2.83. The van der Waals surface area contributed by atoms with Crippen molar-refractivity contribution in [2.24, 2.45) is 17.8 Å². The summed E-state index contributed by atoms with van der Waals surface area (Å²) in [6.07, 6.45) is 0.938. The molecule has 114 valence electrons. The number of hydrogen-bond acceptors (Lipinski definition) is 5. The van der Waals surface area contributed by atoms with Crippen molar-refractivity contribution in [3.05, 3.63) is 0 Å². The summed E-state index contributed by atoms with van der Waals surface area (Å²) >= 11 is 0. The van der Waals surface area contributed by atoms with Crippen LogP contribution in [0.15, 0.2) is 0 Å². The molecule has 6 nitrogen and oxygen atoms in total. The first kappa shape index (κ1) is 14.3.